The number of hydrogen-bond donors (Lipinski definition) is 2. The molecule has 18 heavy (non-hydrogen) atoms. The smallest absolute Gasteiger partial charge is 0.172 e. The van der Waals surface area contributed by atoms with Crippen LogP contribution in [0.25, 0.3) is 0 Å². The first-order chi connectivity index (χ1) is 8.70. The summed E-state index contributed by atoms with van der Waals surface area (Å²) in [5.41, 5.74) is 1.00. The fourth-order valence-corrected chi connectivity index (χ4v) is 3.61. The quantitative estimate of drug-likeness (QED) is 0.803. The van der Waals surface area contributed by atoms with Crippen LogP contribution in [0.15, 0.2) is 18.2 Å². The number of hydrogen-bond acceptors (Lipinski definition) is 2. The van der Waals surface area contributed by atoms with Gasteiger partial charge in [-0.1, -0.05) is 12.5 Å². The summed E-state index contributed by atoms with van der Waals surface area (Å²) >= 11 is 5.37. The number of rotatable bonds is 2. The summed E-state index contributed by atoms with van der Waals surface area (Å²) in [7, 11) is 0. The Morgan fingerprint density at radius 3 is 2.89 bits per heavy atom. The minimum atomic E-state index is 0.577. The highest BCUT2D eigenvalue weighted by molar-refractivity contribution is 7.80. The maximum Gasteiger partial charge on any atom is 0.172 e. The van der Waals surface area contributed by atoms with E-state index in [1.165, 1.54) is 25.7 Å². The van der Waals surface area contributed by atoms with Crippen molar-refractivity contribution in [1.29, 1.82) is 0 Å². The summed E-state index contributed by atoms with van der Waals surface area (Å²) in [6.45, 7) is 1.98. The van der Waals surface area contributed by atoms with Gasteiger partial charge in [-0.3, -0.25) is 0 Å². The number of nitrogens with zero attached hydrogens (tertiary/aromatic N) is 1. The molecule has 1 aromatic rings. The molecule has 1 heterocycles. The largest absolute Gasteiger partial charge is 0.359 e. The molecule has 0 saturated heterocycles. The summed E-state index contributed by atoms with van der Waals surface area (Å²) in [5, 5.41) is 7.35. The SMILES string of the molecule is Cc1cccc(NC(=S)N[C@@H]2C[C@@H]3CC[C@@H]2C3)n1. The van der Waals surface area contributed by atoms with Crippen molar-refractivity contribution in [2.24, 2.45) is 11.8 Å². The highest BCUT2D eigenvalue weighted by atomic mass is 32.1. The third-order valence-corrected chi connectivity index (χ3v) is 4.40. The molecule has 2 N–H and O–H groups in total. The van der Waals surface area contributed by atoms with Gasteiger partial charge in [0.2, 0.25) is 0 Å². The van der Waals surface area contributed by atoms with Gasteiger partial charge < -0.3 is 10.6 Å². The van der Waals surface area contributed by atoms with Crippen molar-refractivity contribution in [3.8, 4) is 0 Å². The van der Waals surface area contributed by atoms with Crippen LogP contribution in [0.1, 0.15) is 31.4 Å². The molecule has 2 bridgehead atoms. The van der Waals surface area contributed by atoms with Crippen molar-refractivity contribution in [1.82, 2.24) is 10.3 Å². The van der Waals surface area contributed by atoms with Crippen LogP contribution in [-0.4, -0.2) is 16.1 Å². The van der Waals surface area contributed by atoms with E-state index in [0.717, 1.165) is 23.3 Å². The Morgan fingerprint density at radius 2 is 2.22 bits per heavy atom. The predicted molar refractivity (Wildman–Crippen MR) is 77.6 cm³/mol. The fourth-order valence-electron chi connectivity index (χ4n) is 3.35. The van der Waals surface area contributed by atoms with Gasteiger partial charge in [0.25, 0.3) is 0 Å². The van der Waals surface area contributed by atoms with Crippen LogP contribution in [0.3, 0.4) is 0 Å². The van der Waals surface area contributed by atoms with E-state index in [2.05, 4.69) is 15.6 Å². The summed E-state index contributed by atoms with van der Waals surface area (Å²) < 4.78 is 0. The maximum atomic E-state index is 5.37. The second kappa shape index (κ2) is 4.84. The highest BCUT2D eigenvalue weighted by Crippen LogP contribution is 2.44. The normalized spacial score (nSPS) is 29.3. The zero-order valence-electron chi connectivity index (χ0n) is 10.6. The molecule has 0 radical (unpaired) electrons. The van der Waals surface area contributed by atoms with Crippen molar-refractivity contribution >= 4 is 23.1 Å². The van der Waals surface area contributed by atoms with Crippen LogP contribution in [0.5, 0.6) is 0 Å². The van der Waals surface area contributed by atoms with Gasteiger partial charge in [-0.05, 0) is 62.4 Å². The van der Waals surface area contributed by atoms with Crippen LogP contribution in [0.2, 0.25) is 0 Å². The average Bonchev–Trinajstić information content (AvgIpc) is 2.90. The number of aryl methyl sites for hydroxylation is 1. The monoisotopic (exact) mass is 261 g/mol. The zero-order chi connectivity index (χ0) is 12.5. The molecule has 2 saturated carbocycles. The van der Waals surface area contributed by atoms with Gasteiger partial charge in [-0.15, -0.1) is 0 Å². The molecule has 2 fully saturated rings. The first kappa shape index (κ1) is 11.9. The molecule has 0 aromatic carbocycles. The Balaban J connectivity index is 1.56. The number of pyridine rings is 1. The number of thiocarbonyl (C=S) groups is 1. The molecular weight excluding hydrogens is 242 g/mol. The van der Waals surface area contributed by atoms with E-state index in [-0.39, 0.29) is 0 Å². The third-order valence-electron chi connectivity index (χ3n) is 4.18. The molecule has 2 aliphatic rings. The van der Waals surface area contributed by atoms with E-state index in [1.807, 2.05) is 25.1 Å². The van der Waals surface area contributed by atoms with E-state index in [1.54, 1.807) is 0 Å². The number of anilines is 1. The lowest BCUT2D eigenvalue weighted by atomic mass is 9.96. The lowest BCUT2D eigenvalue weighted by Crippen LogP contribution is -2.40. The number of fused-ring (bicyclic) bond motifs is 2. The van der Waals surface area contributed by atoms with Gasteiger partial charge in [-0.2, -0.15) is 0 Å². The van der Waals surface area contributed by atoms with Crippen LogP contribution < -0.4 is 10.6 Å². The Hall–Kier alpha value is -1.16. The van der Waals surface area contributed by atoms with Gasteiger partial charge in [0.05, 0.1) is 0 Å². The van der Waals surface area contributed by atoms with E-state index < -0.39 is 0 Å². The molecule has 3 nitrogen and oxygen atoms in total. The first-order valence-corrected chi connectivity index (χ1v) is 7.13. The maximum absolute atomic E-state index is 5.37. The minimum absolute atomic E-state index is 0.577. The Labute approximate surface area is 113 Å². The molecule has 96 valence electrons. The average molecular weight is 261 g/mol. The van der Waals surface area contributed by atoms with E-state index in [9.17, 15) is 0 Å². The molecule has 0 spiro atoms. The summed E-state index contributed by atoms with van der Waals surface area (Å²) in [6, 6.07) is 6.50. The van der Waals surface area contributed by atoms with Crippen LogP contribution >= 0.6 is 12.2 Å². The fraction of sp³-hybridized carbons (Fsp3) is 0.571. The number of nitrogens with one attached hydrogen (secondary N) is 2. The molecule has 0 unspecified atom stereocenters. The summed E-state index contributed by atoms with van der Waals surface area (Å²) in [4.78, 5) is 4.40. The van der Waals surface area contributed by atoms with E-state index >= 15 is 0 Å². The lowest BCUT2D eigenvalue weighted by Gasteiger charge is -2.24. The summed E-state index contributed by atoms with van der Waals surface area (Å²) in [6.07, 6.45) is 5.47. The van der Waals surface area contributed by atoms with E-state index in [0.29, 0.717) is 11.2 Å². The van der Waals surface area contributed by atoms with Gasteiger partial charge in [0.15, 0.2) is 5.11 Å². The minimum Gasteiger partial charge on any atom is -0.359 e. The van der Waals surface area contributed by atoms with Crippen LogP contribution in [0, 0.1) is 18.8 Å². The van der Waals surface area contributed by atoms with Crippen LogP contribution in [-0.2, 0) is 0 Å². The highest BCUT2D eigenvalue weighted by Gasteiger charge is 2.39. The van der Waals surface area contributed by atoms with Crippen molar-refractivity contribution < 1.29 is 0 Å². The Bertz CT molecular complexity index is 460. The molecular formula is C14H19N3S. The van der Waals surface area contributed by atoms with E-state index in [4.69, 9.17) is 12.2 Å². The lowest BCUT2D eigenvalue weighted by molar-refractivity contribution is 0.392. The standard InChI is InChI=1S/C14H19N3S/c1-9-3-2-4-13(15-9)17-14(18)16-12-8-10-5-6-11(12)7-10/h2-4,10-12H,5-8H2,1H3,(H2,15,16,17,18)/t10-,11-,12-/m1/s1. The first-order valence-electron chi connectivity index (χ1n) is 6.72. The second-order valence-corrected chi connectivity index (χ2v) is 5.95. The topological polar surface area (TPSA) is 37.0 Å². The van der Waals surface area contributed by atoms with Crippen molar-refractivity contribution in [2.75, 3.05) is 5.32 Å². The summed E-state index contributed by atoms with van der Waals surface area (Å²) in [5.74, 6) is 2.60. The van der Waals surface area contributed by atoms with Crippen LogP contribution in [0.4, 0.5) is 5.82 Å². The zero-order valence-corrected chi connectivity index (χ0v) is 11.5. The van der Waals surface area contributed by atoms with Gasteiger partial charge in [-0.25, -0.2) is 4.98 Å². The van der Waals surface area contributed by atoms with Crippen molar-refractivity contribution in [3.63, 3.8) is 0 Å². The van der Waals surface area contributed by atoms with Crippen molar-refractivity contribution in [3.05, 3.63) is 23.9 Å². The Morgan fingerprint density at radius 1 is 1.33 bits per heavy atom. The molecule has 3 rings (SSSR count). The molecule has 0 aliphatic heterocycles. The van der Waals surface area contributed by atoms with Gasteiger partial charge >= 0.3 is 0 Å². The molecule has 0 amide bonds. The predicted octanol–water partition coefficient (Wildman–Crippen LogP) is 2.87. The second-order valence-electron chi connectivity index (χ2n) is 5.54. The number of aromatic nitrogens is 1. The Kier molecular flexibility index (Phi) is 3.20. The molecule has 1 aromatic heterocycles. The molecule has 4 heteroatoms. The molecule has 2 aliphatic carbocycles. The van der Waals surface area contributed by atoms with Gasteiger partial charge in [0, 0.05) is 11.7 Å². The third kappa shape index (κ3) is 2.48. The molecule has 3 atom stereocenters. The van der Waals surface area contributed by atoms with Gasteiger partial charge in [0.1, 0.15) is 5.82 Å². The van der Waals surface area contributed by atoms with Crippen molar-refractivity contribution in [2.45, 2.75) is 38.6 Å².